The van der Waals surface area contributed by atoms with E-state index in [2.05, 4.69) is 4.98 Å². The van der Waals surface area contributed by atoms with Gasteiger partial charge in [-0.25, -0.2) is 4.79 Å². The molecule has 8 heteroatoms. The van der Waals surface area contributed by atoms with Crippen molar-refractivity contribution >= 4 is 34.3 Å². The molecule has 0 saturated carbocycles. The SMILES string of the molecule is CCN(CC(=O)N(CC(C)(C)O)c1c(N)cnc2ccccc12)C(=O)OC(C)(C)C. The summed E-state index contributed by atoms with van der Waals surface area (Å²) in [5, 5.41) is 11.1. The van der Waals surface area contributed by atoms with E-state index in [1.54, 1.807) is 41.5 Å². The molecule has 0 fully saturated rings. The molecule has 8 nitrogen and oxygen atoms in total. The standard InChI is InChI=1S/C22H32N4O4/c1-7-25(20(28)30-21(2,3)4)13-18(27)26(14-22(5,6)29)19-15-10-8-9-11-17(15)24-12-16(19)23/h8-12,29H,7,13-14,23H2,1-6H3. The number of nitrogen functional groups attached to an aromatic ring is 1. The number of likely N-dealkylation sites (N-methyl/N-ethyl adjacent to an activating group) is 1. The van der Waals surface area contributed by atoms with Crippen LogP contribution in [-0.4, -0.2) is 57.8 Å². The maximum Gasteiger partial charge on any atom is 0.410 e. The number of para-hydroxylation sites is 1. The van der Waals surface area contributed by atoms with Crippen LogP contribution in [0.5, 0.6) is 0 Å². The first-order chi connectivity index (χ1) is 13.8. The molecular formula is C22H32N4O4. The smallest absolute Gasteiger partial charge is 0.410 e. The first-order valence-electron chi connectivity index (χ1n) is 9.96. The molecule has 0 radical (unpaired) electrons. The Bertz CT molecular complexity index is 915. The molecule has 1 aromatic heterocycles. The highest BCUT2D eigenvalue weighted by atomic mass is 16.6. The van der Waals surface area contributed by atoms with E-state index in [9.17, 15) is 14.7 Å². The number of nitrogens with two attached hydrogens (primary N) is 1. The first kappa shape index (κ1) is 23.4. The largest absolute Gasteiger partial charge is 0.444 e. The molecule has 1 aromatic carbocycles. The number of aromatic nitrogens is 1. The number of ether oxygens (including phenoxy) is 1. The maximum atomic E-state index is 13.3. The number of carbonyl (C=O) groups excluding carboxylic acids is 2. The predicted octanol–water partition coefficient (Wildman–Crippen LogP) is 3.18. The lowest BCUT2D eigenvalue weighted by molar-refractivity contribution is -0.120. The molecule has 0 spiro atoms. The predicted molar refractivity (Wildman–Crippen MR) is 118 cm³/mol. The van der Waals surface area contributed by atoms with Crippen LogP contribution in [0.2, 0.25) is 0 Å². The number of nitrogens with zero attached hydrogens (tertiary/aromatic N) is 3. The van der Waals surface area contributed by atoms with Gasteiger partial charge < -0.3 is 20.5 Å². The zero-order chi connectivity index (χ0) is 22.7. The molecule has 0 atom stereocenters. The number of hydrogen-bond acceptors (Lipinski definition) is 6. The quantitative estimate of drug-likeness (QED) is 0.749. The average Bonchev–Trinajstić information content (AvgIpc) is 2.62. The molecule has 0 bridgehead atoms. The average molecular weight is 417 g/mol. The van der Waals surface area contributed by atoms with E-state index in [0.29, 0.717) is 28.8 Å². The van der Waals surface area contributed by atoms with Crippen molar-refractivity contribution in [3.8, 4) is 0 Å². The van der Waals surface area contributed by atoms with Crippen LogP contribution < -0.4 is 10.6 Å². The summed E-state index contributed by atoms with van der Waals surface area (Å²) in [5.74, 6) is -0.382. The molecule has 2 rings (SSSR count). The minimum Gasteiger partial charge on any atom is -0.444 e. The van der Waals surface area contributed by atoms with Crippen LogP contribution in [0.15, 0.2) is 30.5 Å². The molecule has 3 N–H and O–H groups in total. The number of rotatable bonds is 6. The van der Waals surface area contributed by atoms with E-state index in [1.807, 2.05) is 24.3 Å². The molecule has 2 amide bonds. The summed E-state index contributed by atoms with van der Waals surface area (Å²) in [6.07, 6.45) is 0.919. The van der Waals surface area contributed by atoms with Crippen molar-refractivity contribution in [1.29, 1.82) is 0 Å². The maximum absolute atomic E-state index is 13.3. The first-order valence-corrected chi connectivity index (χ1v) is 9.96. The number of carbonyl (C=O) groups is 2. The highest BCUT2D eigenvalue weighted by molar-refractivity contribution is 6.07. The van der Waals surface area contributed by atoms with E-state index in [4.69, 9.17) is 10.5 Å². The third kappa shape index (κ3) is 6.06. The molecule has 0 saturated heterocycles. The number of fused-ring (bicyclic) bond motifs is 1. The second-order valence-electron chi connectivity index (χ2n) is 8.87. The third-order valence-electron chi connectivity index (χ3n) is 4.25. The van der Waals surface area contributed by atoms with Crippen molar-refractivity contribution in [1.82, 2.24) is 9.88 Å². The lowest BCUT2D eigenvalue weighted by Gasteiger charge is -2.33. The van der Waals surface area contributed by atoms with Crippen LogP contribution in [-0.2, 0) is 9.53 Å². The summed E-state index contributed by atoms with van der Waals surface area (Å²) >= 11 is 0. The lowest BCUT2D eigenvalue weighted by Crippen LogP contribution is -2.49. The second-order valence-corrected chi connectivity index (χ2v) is 8.87. The number of hydrogen-bond donors (Lipinski definition) is 2. The normalized spacial score (nSPS) is 12.0. The number of amides is 2. The van der Waals surface area contributed by atoms with Gasteiger partial charge in [-0.2, -0.15) is 0 Å². The van der Waals surface area contributed by atoms with Crippen LogP contribution in [0.1, 0.15) is 41.5 Å². The van der Waals surface area contributed by atoms with Crippen molar-refractivity contribution in [2.75, 3.05) is 30.3 Å². The minimum atomic E-state index is -1.19. The van der Waals surface area contributed by atoms with Crippen LogP contribution in [0, 0.1) is 0 Å². The Balaban J connectivity index is 2.44. The molecular weight excluding hydrogens is 384 g/mol. The van der Waals surface area contributed by atoms with Gasteiger partial charge in [0.1, 0.15) is 12.1 Å². The zero-order valence-corrected chi connectivity index (χ0v) is 18.6. The lowest BCUT2D eigenvalue weighted by atomic mass is 10.1. The minimum absolute atomic E-state index is 0.00405. The van der Waals surface area contributed by atoms with Crippen molar-refractivity contribution in [3.63, 3.8) is 0 Å². The summed E-state index contributed by atoms with van der Waals surface area (Å²) in [6, 6.07) is 7.33. The van der Waals surface area contributed by atoms with Crippen molar-refractivity contribution in [2.45, 2.75) is 52.7 Å². The fraction of sp³-hybridized carbons (Fsp3) is 0.500. The summed E-state index contributed by atoms with van der Waals surface area (Å²) in [7, 11) is 0. The number of benzene rings is 1. The highest BCUT2D eigenvalue weighted by Gasteiger charge is 2.30. The van der Waals surface area contributed by atoms with Gasteiger partial charge in [0, 0.05) is 11.9 Å². The number of aliphatic hydroxyl groups is 1. The Kier molecular flexibility index (Phi) is 6.92. The Labute approximate surface area is 177 Å². The van der Waals surface area contributed by atoms with Gasteiger partial charge in [-0.1, -0.05) is 18.2 Å². The van der Waals surface area contributed by atoms with Gasteiger partial charge in [-0.3, -0.25) is 14.7 Å². The molecule has 0 aliphatic heterocycles. The van der Waals surface area contributed by atoms with Crippen LogP contribution in [0.3, 0.4) is 0 Å². The van der Waals surface area contributed by atoms with E-state index in [-0.39, 0.29) is 19.0 Å². The van der Waals surface area contributed by atoms with Gasteiger partial charge in [-0.05, 0) is 47.6 Å². The topological polar surface area (TPSA) is 109 Å². The monoisotopic (exact) mass is 416 g/mol. The molecule has 0 aliphatic carbocycles. The Morgan fingerprint density at radius 2 is 1.80 bits per heavy atom. The van der Waals surface area contributed by atoms with Gasteiger partial charge in [0.15, 0.2) is 0 Å². The molecule has 164 valence electrons. The van der Waals surface area contributed by atoms with Gasteiger partial charge >= 0.3 is 6.09 Å². The van der Waals surface area contributed by atoms with Gasteiger partial charge in [0.2, 0.25) is 5.91 Å². The molecule has 30 heavy (non-hydrogen) atoms. The van der Waals surface area contributed by atoms with E-state index in [0.717, 1.165) is 0 Å². The summed E-state index contributed by atoms with van der Waals surface area (Å²) < 4.78 is 5.40. The molecule has 1 heterocycles. The van der Waals surface area contributed by atoms with Gasteiger partial charge in [0.25, 0.3) is 0 Å². The zero-order valence-electron chi connectivity index (χ0n) is 18.6. The summed E-state index contributed by atoms with van der Waals surface area (Å²) in [5.41, 5.74) is 5.80. The third-order valence-corrected chi connectivity index (χ3v) is 4.25. The van der Waals surface area contributed by atoms with Crippen LogP contribution in [0.25, 0.3) is 10.9 Å². The van der Waals surface area contributed by atoms with Crippen molar-refractivity contribution in [2.24, 2.45) is 0 Å². The van der Waals surface area contributed by atoms with Gasteiger partial charge in [-0.15, -0.1) is 0 Å². The fourth-order valence-corrected chi connectivity index (χ4v) is 3.00. The molecule has 0 unspecified atom stereocenters. The summed E-state index contributed by atoms with van der Waals surface area (Å²) in [4.78, 5) is 32.9. The number of pyridine rings is 1. The number of anilines is 2. The molecule has 0 aliphatic rings. The van der Waals surface area contributed by atoms with E-state index >= 15 is 0 Å². The highest BCUT2D eigenvalue weighted by Crippen LogP contribution is 2.32. The summed E-state index contributed by atoms with van der Waals surface area (Å²) in [6.45, 7) is 10.4. The van der Waals surface area contributed by atoms with Gasteiger partial charge in [0.05, 0.1) is 35.2 Å². The van der Waals surface area contributed by atoms with E-state index < -0.39 is 17.3 Å². The Morgan fingerprint density at radius 3 is 2.37 bits per heavy atom. The van der Waals surface area contributed by atoms with Crippen molar-refractivity contribution < 1.29 is 19.4 Å². The second kappa shape index (κ2) is 8.87. The Hall–Kier alpha value is -2.87. The molecule has 2 aromatic rings. The van der Waals surface area contributed by atoms with Crippen LogP contribution >= 0.6 is 0 Å². The fourth-order valence-electron chi connectivity index (χ4n) is 3.00. The van der Waals surface area contributed by atoms with E-state index in [1.165, 1.54) is 16.0 Å². The van der Waals surface area contributed by atoms with Crippen LogP contribution in [0.4, 0.5) is 16.2 Å². The Morgan fingerprint density at radius 1 is 1.17 bits per heavy atom. The van der Waals surface area contributed by atoms with Crippen molar-refractivity contribution in [3.05, 3.63) is 30.5 Å².